The third kappa shape index (κ3) is 3.05. The van der Waals surface area contributed by atoms with Gasteiger partial charge in [0.1, 0.15) is 6.10 Å². The first-order chi connectivity index (χ1) is 6.24. The number of carbonyl (C=O) groups excluding carboxylic acids is 2. The molecule has 4 nitrogen and oxygen atoms in total. The predicted molar refractivity (Wildman–Crippen MR) is 44.6 cm³/mol. The lowest BCUT2D eigenvalue weighted by molar-refractivity contribution is -0.156. The van der Waals surface area contributed by atoms with Crippen molar-refractivity contribution in [1.82, 2.24) is 0 Å². The molecular weight excluding hydrogens is 172 g/mol. The summed E-state index contributed by atoms with van der Waals surface area (Å²) >= 11 is 0. The molecule has 0 bridgehead atoms. The maximum Gasteiger partial charge on any atom is 0.418 e. The maximum absolute atomic E-state index is 11.2. The minimum absolute atomic E-state index is 0.0187. The van der Waals surface area contributed by atoms with Gasteiger partial charge < -0.3 is 9.47 Å². The number of esters is 1. The summed E-state index contributed by atoms with van der Waals surface area (Å²) < 4.78 is 9.42. The molecule has 1 radical (unpaired) electrons. The lowest BCUT2D eigenvalue weighted by Crippen LogP contribution is -2.26. The number of carbonyl (C=O) groups is 1. The molecule has 1 atom stereocenters. The Hall–Kier alpha value is -1.06. The zero-order chi connectivity index (χ0) is 9.68. The SMILES string of the molecule is CC(O[C]=O)C(=O)OC1CCCC1. The summed E-state index contributed by atoms with van der Waals surface area (Å²) in [5, 5.41) is 0. The Morgan fingerprint density at radius 2 is 2.08 bits per heavy atom. The van der Waals surface area contributed by atoms with Crippen LogP contribution in [0, 0.1) is 0 Å². The van der Waals surface area contributed by atoms with E-state index in [1.165, 1.54) is 13.4 Å². The number of hydrogen-bond acceptors (Lipinski definition) is 4. The van der Waals surface area contributed by atoms with Crippen molar-refractivity contribution >= 4 is 12.4 Å². The summed E-state index contributed by atoms with van der Waals surface area (Å²) in [6.07, 6.45) is 3.23. The van der Waals surface area contributed by atoms with Crippen LogP contribution in [-0.2, 0) is 19.1 Å². The minimum atomic E-state index is -0.835. The summed E-state index contributed by atoms with van der Waals surface area (Å²) in [7, 11) is 0. The minimum Gasteiger partial charge on any atom is -0.460 e. The van der Waals surface area contributed by atoms with Crippen molar-refractivity contribution in [3.8, 4) is 0 Å². The van der Waals surface area contributed by atoms with Crippen LogP contribution in [0.3, 0.4) is 0 Å². The fourth-order valence-corrected chi connectivity index (χ4v) is 1.39. The fraction of sp³-hybridized carbons (Fsp3) is 0.778. The third-order valence-corrected chi connectivity index (χ3v) is 2.14. The van der Waals surface area contributed by atoms with Gasteiger partial charge in [0, 0.05) is 0 Å². The van der Waals surface area contributed by atoms with Gasteiger partial charge in [0.15, 0.2) is 6.10 Å². The van der Waals surface area contributed by atoms with Crippen LogP contribution in [0.5, 0.6) is 0 Å². The molecule has 73 valence electrons. The van der Waals surface area contributed by atoms with E-state index in [1.54, 1.807) is 0 Å². The molecule has 0 aromatic heterocycles. The number of ether oxygens (including phenoxy) is 2. The topological polar surface area (TPSA) is 52.6 Å². The molecule has 0 saturated heterocycles. The highest BCUT2D eigenvalue weighted by Gasteiger charge is 2.23. The smallest absolute Gasteiger partial charge is 0.418 e. The molecule has 0 aromatic carbocycles. The van der Waals surface area contributed by atoms with Crippen LogP contribution in [0.15, 0.2) is 0 Å². The van der Waals surface area contributed by atoms with Crippen molar-refractivity contribution in [2.45, 2.75) is 44.8 Å². The third-order valence-electron chi connectivity index (χ3n) is 2.14. The zero-order valence-electron chi connectivity index (χ0n) is 7.62. The summed E-state index contributed by atoms with van der Waals surface area (Å²) in [5.41, 5.74) is 0. The second-order valence-corrected chi connectivity index (χ2v) is 3.19. The van der Waals surface area contributed by atoms with Gasteiger partial charge in [-0.2, -0.15) is 0 Å². The Kier molecular flexibility index (Phi) is 3.73. The largest absolute Gasteiger partial charge is 0.460 e. The quantitative estimate of drug-likeness (QED) is 0.612. The van der Waals surface area contributed by atoms with E-state index in [-0.39, 0.29) is 6.10 Å². The van der Waals surface area contributed by atoms with Gasteiger partial charge in [-0.05, 0) is 32.6 Å². The van der Waals surface area contributed by atoms with E-state index in [4.69, 9.17) is 4.74 Å². The molecule has 0 aliphatic heterocycles. The van der Waals surface area contributed by atoms with Crippen LogP contribution in [-0.4, -0.2) is 24.6 Å². The first kappa shape index (κ1) is 10.0. The van der Waals surface area contributed by atoms with Crippen LogP contribution in [0.2, 0.25) is 0 Å². The molecule has 1 rings (SSSR count). The molecule has 0 N–H and O–H groups in total. The first-order valence-electron chi connectivity index (χ1n) is 4.47. The Morgan fingerprint density at radius 3 is 2.62 bits per heavy atom. The van der Waals surface area contributed by atoms with Gasteiger partial charge >= 0.3 is 12.4 Å². The monoisotopic (exact) mass is 185 g/mol. The van der Waals surface area contributed by atoms with Crippen LogP contribution >= 0.6 is 0 Å². The van der Waals surface area contributed by atoms with Gasteiger partial charge in [-0.15, -0.1) is 0 Å². The highest BCUT2D eigenvalue weighted by Crippen LogP contribution is 2.21. The Balaban J connectivity index is 2.26. The zero-order valence-corrected chi connectivity index (χ0v) is 7.62. The van der Waals surface area contributed by atoms with Crippen molar-refractivity contribution in [2.24, 2.45) is 0 Å². The van der Waals surface area contributed by atoms with E-state index in [2.05, 4.69) is 4.74 Å². The Labute approximate surface area is 77.2 Å². The Morgan fingerprint density at radius 1 is 1.46 bits per heavy atom. The van der Waals surface area contributed by atoms with E-state index < -0.39 is 12.1 Å². The van der Waals surface area contributed by atoms with Crippen LogP contribution < -0.4 is 0 Å². The van der Waals surface area contributed by atoms with E-state index >= 15 is 0 Å². The Bertz CT molecular complexity index is 184. The molecule has 13 heavy (non-hydrogen) atoms. The van der Waals surface area contributed by atoms with Gasteiger partial charge in [0.25, 0.3) is 0 Å². The molecule has 1 saturated carbocycles. The summed E-state index contributed by atoms with van der Waals surface area (Å²) in [6.45, 7) is 2.70. The maximum atomic E-state index is 11.2. The van der Waals surface area contributed by atoms with Crippen LogP contribution in [0.4, 0.5) is 0 Å². The average Bonchev–Trinajstić information content (AvgIpc) is 2.57. The second kappa shape index (κ2) is 4.84. The van der Waals surface area contributed by atoms with Crippen molar-refractivity contribution in [2.75, 3.05) is 0 Å². The fourth-order valence-electron chi connectivity index (χ4n) is 1.39. The second-order valence-electron chi connectivity index (χ2n) is 3.19. The van der Waals surface area contributed by atoms with E-state index in [0.717, 1.165) is 25.7 Å². The first-order valence-corrected chi connectivity index (χ1v) is 4.47. The highest BCUT2D eigenvalue weighted by molar-refractivity contribution is 5.75. The van der Waals surface area contributed by atoms with E-state index in [1.807, 2.05) is 0 Å². The normalized spacial score (nSPS) is 19.5. The van der Waals surface area contributed by atoms with Crippen molar-refractivity contribution < 1.29 is 19.1 Å². The molecule has 1 aliphatic carbocycles. The average molecular weight is 185 g/mol. The van der Waals surface area contributed by atoms with Crippen molar-refractivity contribution in [3.05, 3.63) is 0 Å². The molecule has 0 spiro atoms. The standard InChI is InChI=1S/C9H13O4/c1-7(12-6-10)9(11)13-8-4-2-3-5-8/h7-8H,2-5H2,1H3. The molecular formula is C9H13O4. The predicted octanol–water partition coefficient (Wildman–Crippen LogP) is 0.944. The van der Waals surface area contributed by atoms with Gasteiger partial charge in [-0.25, -0.2) is 9.59 Å². The summed E-state index contributed by atoms with van der Waals surface area (Å²) in [4.78, 5) is 21.0. The van der Waals surface area contributed by atoms with Crippen LogP contribution in [0.1, 0.15) is 32.6 Å². The van der Waals surface area contributed by atoms with Crippen molar-refractivity contribution in [3.63, 3.8) is 0 Å². The summed E-state index contributed by atoms with van der Waals surface area (Å²) in [6, 6.07) is 0. The molecule has 1 unspecified atom stereocenters. The lowest BCUT2D eigenvalue weighted by Gasteiger charge is -2.13. The molecule has 0 heterocycles. The molecule has 1 fully saturated rings. The number of hydrogen-bond donors (Lipinski definition) is 0. The summed E-state index contributed by atoms with van der Waals surface area (Å²) in [5.74, 6) is -0.477. The van der Waals surface area contributed by atoms with Gasteiger partial charge in [0.2, 0.25) is 0 Å². The van der Waals surface area contributed by atoms with E-state index in [0.29, 0.717) is 0 Å². The molecule has 1 aliphatic rings. The molecule has 0 amide bonds. The van der Waals surface area contributed by atoms with Gasteiger partial charge in [-0.3, -0.25) is 0 Å². The molecule has 4 heteroatoms. The van der Waals surface area contributed by atoms with E-state index in [9.17, 15) is 9.59 Å². The van der Waals surface area contributed by atoms with Gasteiger partial charge in [-0.1, -0.05) is 0 Å². The van der Waals surface area contributed by atoms with Crippen LogP contribution in [0.25, 0.3) is 0 Å². The molecule has 0 aromatic rings. The lowest BCUT2D eigenvalue weighted by atomic mass is 10.3. The number of rotatable bonds is 4. The van der Waals surface area contributed by atoms with Gasteiger partial charge in [0.05, 0.1) is 0 Å². The van der Waals surface area contributed by atoms with Crippen molar-refractivity contribution in [1.29, 1.82) is 0 Å². The highest BCUT2D eigenvalue weighted by atomic mass is 16.6.